The zero-order valence-electron chi connectivity index (χ0n) is 16.9. The molecule has 0 radical (unpaired) electrons. The number of nitrogens with zero attached hydrogens (tertiary/aromatic N) is 1. The number of amides is 1. The highest BCUT2D eigenvalue weighted by atomic mass is 19.4. The minimum absolute atomic E-state index is 0.0776. The lowest BCUT2D eigenvalue weighted by Gasteiger charge is -2.31. The van der Waals surface area contributed by atoms with E-state index in [-0.39, 0.29) is 11.4 Å². The average molecular weight is 462 g/mol. The number of nitrogens with one attached hydrogen (secondary N) is 1. The molecule has 11 heteroatoms. The second-order valence-corrected chi connectivity index (χ2v) is 7.10. The van der Waals surface area contributed by atoms with Crippen molar-refractivity contribution in [2.24, 2.45) is 0 Å². The summed E-state index contributed by atoms with van der Waals surface area (Å²) >= 11 is 0. The van der Waals surface area contributed by atoms with Gasteiger partial charge in [-0.2, -0.15) is 26.3 Å². The third-order valence-electron chi connectivity index (χ3n) is 4.78. The number of ether oxygens (including phenoxy) is 2. The van der Waals surface area contributed by atoms with Crippen LogP contribution >= 0.6 is 0 Å². The van der Waals surface area contributed by atoms with Gasteiger partial charge in [0.05, 0.1) is 35.7 Å². The highest BCUT2D eigenvalue weighted by molar-refractivity contribution is 5.97. The van der Waals surface area contributed by atoms with Gasteiger partial charge in [-0.15, -0.1) is 0 Å². The molecule has 0 aromatic heterocycles. The van der Waals surface area contributed by atoms with Gasteiger partial charge in [0.15, 0.2) is 6.10 Å². The number of hydrogen-bond donors (Lipinski definition) is 1. The van der Waals surface area contributed by atoms with E-state index in [1.54, 1.807) is 4.90 Å². The lowest BCUT2D eigenvalue weighted by atomic mass is 10.1. The number of carbonyl (C=O) groups excluding carboxylic acids is 1. The summed E-state index contributed by atoms with van der Waals surface area (Å²) < 4.78 is 88.7. The first kappa shape index (κ1) is 23.7. The average Bonchev–Trinajstić information content (AvgIpc) is 2.73. The number of alkyl halides is 6. The number of morpholine rings is 1. The van der Waals surface area contributed by atoms with E-state index < -0.39 is 35.5 Å². The van der Waals surface area contributed by atoms with E-state index in [4.69, 9.17) is 9.47 Å². The van der Waals surface area contributed by atoms with Crippen molar-refractivity contribution < 1.29 is 40.6 Å². The molecule has 1 aliphatic heterocycles. The van der Waals surface area contributed by atoms with E-state index in [1.165, 1.54) is 19.1 Å². The van der Waals surface area contributed by atoms with Gasteiger partial charge >= 0.3 is 12.4 Å². The summed E-state index contributed by atoms with van der Waals surface area (Å²) in [6.45, 7) is 2.89. The molecule has 1 heterocycles. The quantitative estimate of drug-likeness (QED) is 0.638. The predicted octanol–water partition coefficient (Wildman–Crippen LogP) is 4.97. The molecule has 0 bridgehead atoms. The maximum atomic E-state index is 13.2. The van der Waals surface area contributed by atoms with E-state index in [1.807, 2.05) is 0 Å². The molecule has 2 aromatic carbocycles. The Labute approximate surface area is 179 Å². The van der Waals surface area contributed by atoms with Crippen LogP contribution in [0.2, 0.25) is 0 Å². The van der Waals surface area contributed by atoms with Crippen molar-refractivity contribution in [2.45, 2.75) is 25.4 Å². The molecule has 0 unspecified atom stereocenters. The SMILES string of the molecule is C[C@@H](Oc1cccc(C(F)(F)F)c1)C(=O)Nc1cc(C(F)(F)F)ccc1N1CCOCC1. The number of carbonyl (C=O) groups is 1. The Balaban J connectivity index is 1.80. The summed E-state index contributed by atoms with van der Waals surface area (Å²) in [5.74, 6) is -1.00. The summed E-state index contributed by atoms with van der Waals surface area (Å²) in [7, 11) is 0. The molecular formula is C21H20F6N2O3. The smallest absolute Gasteiger partial charge is 0.416 e. The van der Waals surface area contributed by atoms with Crippen LogP contribution in [0, 0.1) is 0 Å². The number of hydrogen-bond acceptors (Lipinski definition) is 4. The van der Waals surface area contributed by atoms with Crippen LogP contribution in [0.1, 0.15) is 18.1 Å². The van der Waals surface area contributed by atoms with Gasteiger partial charge in [0, 0.05) is 13.1 Å². The van der Waals surface area contributed by atoms with Crippen LogP contribution in [0.3, 0.4) is 0 Å². The second-order valence-electron chi connectivity index (χ2n) is 7.10. The first-order valence-corrected chi connectivity index (χ1v) is 9.64. The van der Waals surface area contributed by atoms with Gasteiger partial charge in [0.1, 0.15) is 5.75 Å². The highest BCUT2D eigenvalue weighted by Crippen LogP contribution is 2.36. The Morgan fingerprint density at radius 2 is 1.62 bits per heavy atom. The molecule has 0 saturated carbocycles. The van der Waals surface area contributed by atoms with Crippen LogP contribution in [-0.2, 0) is 21.9 Å². The normalized spacial score (nSPS) is 15.9. The largest absolute Gasteiger partial charge is 0.481 e. The monoisotopic (exact) mass is 462 g/mol. The molecule has 2 aromatic rings. The van der Waals surface area contributed by atoms with Crippen molar-refractivity contribution in [1.82, 2.24) is 0 Å². The zero-order valence-corrected chi connectivity index (χ0v) is 16.9. The molecule has 1 atom stereocenters. The fourth-order valence-corrected chi connectivity index (χ4v) is 3.13. The van der Waals surface area contributed by atoms with Gasteiger partial charge in [-0.25, -0.2) is 0 Å². The van der Waals surface area contributed by atoms with E-state index in [2.05, 4.69) is 5.32 Å². The lowest BCUT2D eigenvalue weighted by Crippen LogP contribution is -2.37. The number of rotatable bonds is 5. The molecule has 1 aliphatic rings. The summed E-state index contributed by atoms with van der Waals surface area (Å²) in [5.41, 5.74) is -1.60. The summed E-state index contributed by atoms with van der Waals surface area (Å²) in [4.78, 5) is 14.4. The van der Waals surface area contributed by atoms with E-state index in [9.17, 15) is 31.1 Å². The molecule has 1 amide bonds. The van der Waals surface area contributed by atoms with E-state index in [0.29, 0.717) is 32.0 Å². The number of anilines is 2. The topological polar surface area (TPSA) is 50.8 Å². The molecule has 1 N–H and O–H groups in total. The Morgan fingerprint density at radius 1 is 1.00 bits per heavy atom. The van der Waals surface area contributed by atoms with Gasteiger partial charge in [0.2, 0.25) is 0 Å². The molecule has 5 nitrogen and oxygen atoms in total. The summed E-state index contributed by atoms with van der Waals surface area (Å²) in [6, 6.07) is 6.99. The second kappa shape index (κ2) is 9.27. The van der Waals surface area contributed by atoms with Crippen molar-refractivity contribution in [2.75, 3.05) is 36.5 Å². The van der Waals surface area contributed by atoms with Crippen LogP contribution in [0.4, 0.5) is 37.7 Å². The molecule has 1 fully saturated rings. The zero-order chi connectivity index (χ0) is 23.5. The predicted molar refractivity (Wildman–Crippen MR) is 105 cm³/mol. The van der Waals surface area contributed by atoms with Gasteiger partial charge in [-0.05, 0) is 43.3 Å². The number of halogens is 6. The molecule has 174 valence electrons. The minimum atomic E-state index is -4.62. The van der Waals surface area contributed by atoms with E-state index >= 15 is 0 Å². The van der Waals surface area contributed by atoms with Crippen molar-refractivity contribution in [3.63, 3.8) is 0 Å². The van der Waals surface area contributed by atoms with Gasteiger partial charge in [0.25, 0.3) is 5.91 Å². The standard InChI is InChI=1S/C21H20F6N2O3/c1-13(32-16-4-2-3-14(11-16)20(22,23)24)19(30)28-17-12-15(21(25,26)27)5-6-18(17)29-7-9-31-10-8-29/h2-6,11-13H,7-10H2,1H3,(H,28,30)/t13-/m1/s1. The van der Waals surface area contributed by atoms with Crippen LogP contribution in [-0.4, -0.2) is 38.3 Å². The van der Waals surface area contributed by atoms with E-state index in [0.717, 1.165) is 30.3 Å². The highest BCUT2D eigenvalue weighted by Gasteiger charge is 2.33. The molecule has 32 heavy (non-hydrogen) atoms. The molecule has 3 rings (SSSR count). The Bertz CT molecular complexity index is 955. The number of benzene rings is 2. The molecule has 0 aliphatic carbocycles. The first-order valence-electron chi connectivity index (χ1n) is 9.64. The summed E-state index contributed by atoms with van der Waals surface area (Å²) in [6.07, 6.45) is -10.5. The Hall–Kier alpha value is -2.95. The maximum absolute atomic E-state index is 13.2. The Morgan fingerprint density at radius 3 is 2.25 bits per heavy atom. The first-order chi connectivity index (χ1) is 14.9. The third-order valence-corrected chi connectivity index (χ3v) is 4.78. The van der Waals surface area contributed by atoms with Crippen LogP contribution in [0.15, 0.2) is 42.5 Å². The minimum Gasteiger partial charge on any atom is -0.481 e. The fraction of sp³-hybridized carbons (Fsp3) is 0.381. The van der Waals surface area contributed by atoms with Gasteiger partial charge < -0.3 is 19.7 Å². The van der Waals surface area contributed by atoms with Crippen molar-refractivity contribution in [1.29, 1.82) is 0 Å². The molecule has 0 spiro atoms. The molecule has 1 saturated heterocycles. The van der Waals surface area contributed by atoms with Crippen LogP contribution < -0.4 is 15.0 Å². The van der Waals surface area contributed by atoms with Gasteiger partial charge in [-0.3, -0.25) is 4.79 Å². The fourth-order valence-electron chi connectivity index (χ4n) is 3.13. The molecular weight excluding hydrogens is 442 g/mol. The van der Waals surface area contributed by atoms with Crippen molar-refractivity contribution in [3.05, 3.63) is 53.6 Å². The van der Waals surface area contributed by atoms with Crippen LogP contribution in [0.5, 0.6) is 5.75 Å². The third kappa shape index (κ3) is 5.84. The van der Waals surface area contributed by atoms with Crippen molar-refractivity contribution in [3.8, 4) is 5.75 Å². The van der Waals surface area contributed by atoms with Crippen molar-refractivity contribution >= 4 is 17.3 Å². The maximum Gasteiger partial charge on any atom is 0.416 e. The lowest BCUT2D eigenvalue weighted by molar-refractivity contribution is -0.138. The van der Waals surface area contributed by atoms with Crippen LogP contribution in [0.25, 0.3) is 0 Å². The summed E-state index contributed by atoms with van der Waals surface area (Å²) in [5, 5.41) is 2.42. The Kier molecular flexibility index (Phi) is 6.87. The van der Waals surface area contributed by atoms with Gasteiger partial charge in [-0.1, -0.05) is 6.07 Å².